The number of carbonyl (C=O) groups excluding carboxylic acids is 1. The Bertz CT molecular complexity index is 951. The number of hydrogen-bond acceptors (Lipinski definition) is 3. The standard InChI is InChI=1S/C27H28FNO3/c1-32-26(22-15-17-24(28)18-16-22)19-23(27(30)29-31)13-8-14-25(20-9-4-2-5-10-20)21-11-6-3-7-12-21/h2-12,14-18,23,25-26,31H,13,19H2,1H3,(H,29,30)/t23-,26+/m0/s1. The predicted octanol–water partition coefficient (Wildman–Crippen LogP) is 5.80. The van der Waals surface area contributed by atoms with Crippen molar-refractivity contribution in [2.45, 2.75) is 24.9 Å². The maximum absolute atomic E-state index is 13.3. The summed E-state index contributed by atoms with van der Waals surface area (Å²) in [7, 11) is 1.55. The lowest BCUT2D eigenvalue weighted by Gasteiger charge is -2.21. The Kier molecular flexibility index (Phi) is 8.72. The second-order valence-electron chi connectivity index (χ2n) is 7.65. The molecule has 2 N–H and O–H groups in total. The number of ether oxygens (including phenoxy) is 1. The van der Waals surface area contributed by atoms with Crippen LogP contribution in [-0.4, -0.2) is 18.2 Å². The number of methoxy groups -OCH3 is 1. The van der Waals surface area contributed by atoms with Gasteiger partial charge in [-0.3, -0.25) is 10.0 Å². The first-order valence-electron chi connectivity index (χ1n) is 10.6. The van der Waals surface area contributed by atoms with E-state index in [2.05, 4.69) is 30.3 Å². The molecule has 0 aromatic heterocycles. The van der Waals surface area contributed by atoms with Crippen LogP contribution in [0.2, 0.25) is 0 Å². The second kappa shape index (κ2) is 11.9. The number of benzene rings is 3. The molecular weight excluding hydrogens is 405 g/mol. The Hall–Kier alpha value is -3.28. The van der Waals surface area contributed by atoms with Gasteiger partial charge in [-0.2, -0.15) is 0 Å². The third-order valence-electron chi connectivity index (χ3n) is 5.57. The van der Waals surface area contributed by atoms with Crippen LogP contribution in [0.15, 0.2) is 97.1 Å². The van der Waals surface area contributed by atoms with Gasteiger partial charge in [0.2, 0.25) is 5.91 Å². The average Bonchev–Trinajstić information content (AvgIpc) is 2.85. The zero-order chi connectivity index (χ0) is 22.8. The molecule has 0 aliphatic rings. The van der Waals surface area contributed by atoms with Crippen molar-refractivity contribution >= 4 is 5.91 Å². The Labute approximate surface area is 188 Å². The molecule has 0 aliphatic heterocycles. The summed E-state index contributed by atoms with van der Waals surface area (Å²) >= 11 is 0. The maximum Gasteiger partial charge on any atom is 0.246 e. The maximum atomic E-state index is 13.3. The number of halogens is 1. The normalized spacial score (nSPS) is 13.2. The highest BCUT2D eigenvalue weighted by atomic mass is 19.1. The summed E-state index contributed by atoms with van der Waals surface area (Å²) in [5.41, 5.74) is 4.85. The SMILES string of the molecule is CO[C@H](C[C@H](CC=CC(c1ccccc1)c1ccccc1)C(=O)NO)c1ccc(F)cc1. The number of hydroxylamine groups is 1. The van der Waals surface area contributed by atoms with Crippen molar-refractivity contribution in [2.24, 2.45) is 5.92 Å². The van der Waals surface area contributed by atoms with E-state index in [1.165, 1.54) is 12.1 Å². The predicted molar refractivity (Wildman–Crippen MR) is 123 cm³/mol. The Balaban J connectivity index is 1.78. The van der Waals surface area contributed by atoms with Gasteiger partial charge in [0, 0.05) is 18.9 Å². The van der Waals surface area contributed by atoms with E-state index in [0.717, 1.165) is 16.7 Å². The lowest BCUT2D eigenvalue weighted by atomic mass is 9.89. The van der Waals surface area contributed by atoms with Crippen molar-refractivity contribution in [3.05, 3.63) is 120 Å². The van der Waals surface area contributed by atoms with Gasteiger partial charge in [-0.25, -0.2) is 9.87 Å². The number of rotatable bonds is 10. The van der Waals surface area contributed by atoms with Gasteiger partial charge in [-0.1, -0.05) is 84.9 Å². The van der Waals surface area contributed by atoms with Crippen molar-refractivity contribution < 1.29 is 19.1 Å². The van der Waals surface area contributed by atoms with E-state index >= 15 is 0 Å². The Morgan fingerprint density at radius 3 is 2.00 bits per heavy atom. The number of carbonyl (C=O) groups is 1. The molecule has 0 fully saturated rings. The van der Waals surface area contributed by atoms with Crippen LogP contribution in [0.1, 0.15) is 41.6 Å². The molecule has 1 amide bonds. The molecule has 0 heterocycles. The fourth-order valence-electron chi connectivity index (χ4n) is 3.82. The van der Waals surface area contributed by atoms with E-state index in [9.17, 15) is 14.4 Å². The van der Waals surface area contributed by atoms with Crippen molar-refractivity contribution in [3.8, 4) is 0 Å². The third-order valence-corrected chi connectivity index (χ3v) is 5.57. The van der Waals surface area contributed by atoms with Crippen LogP contribution < -0.4 is 5.48 Å². The second-order valence-corrected chi connectivity index (χ2v) is 7.65. The average molecular weight is 434 g/mol. The summed E-state index contributed by atoms with van der Waals surface area (Å²) in [5, 5.41) is 9.25. The minimum Gasteiger partial charge on any atom is -0.377 e. The smallest absolute Gasteiger partial charge is 0.246 e. The molecule has 0 spiro atoms. The summed E-state index contributed by atoms with van der Waals surface area (Å²) in [6, 6.07) is 26.3. The lowest BCUT2D eigenvalue weighted by molar-refractivity contribution is -0.134. The molecule has 5 heteroatoms. The van der Waals surface area contributed by atoms with Crippen LogP contribution in [0.5, 0.6) is 0 Å². The summed E-state index contributed by atoms with van der Waals surface area (Å²) in [6.07, 6.45) is 4.43. The summed E-state index contributed by atoms with van der Waals surface area (Å²) in [5.74, 6) is -1.28. The molecule has 2 atom stereocenters. The van der Waals surface area contributed by atoms with Crippen molar-refractivity contribution in [1.29, 1.82) is 0 Å². The molecule has 0 saturated carbocycles. The van der Waals surface area contributed by atoms with Crippen LogP contribution in [0.25, 0.3) is 0 Å². The van der Waals surface area contributed by atoms with Gasteiger partial charge in [0.15, 0.2) is 0 Å². The fourth-order valence-corrected chi connectivity index (χ4v) is 3.82. The molecule has 3 aromatic rings. The zero-order valence-corrected chi connectivity index (χ0v) is 18.0. The van der Waals surface area contributed by atoms with Crippen LogP contribution in [0.4, 0.5) is 4.39 Å². The summed E-state index contributed by atoms with van der Waals surface area (Å²) in [4.78, 5) is 12.4. The summed E-state index contributed by atoms with van der Waals surface area (Å²) in [6.45, 7) is 0. The van der Waals surface area contributed by atoms with Crippen LogP contribution in [0, 0.1) is 11.7 Å². The van der Waals surface area contributed by atoms with Crippen LogP contribution >= 0.6 is 0 Å². The first-order valence-corrected chi connectivity index (χ1v) is 10.6. The first-order chi connectivity index (χ1) is 15.6. The topological polar surface area (TPSA) is 58.6 Å². The van der Waals surface area contributed by atoms with Gasteiger partial charge in [-0.05, 0) is 41.7 Å². The van der Waals surface area contributed by atoms with Gasteiger partial charge in [0.1, 0.15) is 5.82 Å². The van der Waals surface area contributed by atoms with Gasteiger partial charge >= 0.3 is 0 Å². The zero-order valence-electron chi connectivity index (χ0n) is 18.0. The minimum atomic E-state index is -0.515. The van der Waals surface area contributed by atoms with Crippen molar-refractivity contribution in [3.63, 3.8) is 0 Å². The van der Waals surface area contributed by atoms with E-state index in [1.807, 2.05) is 42.5 Å². The van der Waals surface area contributed by atoms with Crippen molar-refractivity contribution in [1.82, 2.24) is 5.48 Å². The number of hydrogen-bond donors (Lipinski definition) is 2. The van der Waals surface area contributed by atoms with Gasteiger partial charge in [0.05, 0.1) is 6.10 Å². The Morgan fingerprint density at radius 1 is 0.938 bits per heavy atom. The molecule has 3 aromatic carbocycles. The van der Waals surface area contributed by atoms with E-state index in [0.29, 0.717) is 12.8 Å². The first kappa shape index (κ1) is 23.4. The number of amides is 1. The molecule has 32 heavy (non-hydrogen) atoms. The van der Waals surface area contributed by atoms with Gasteiger partial charge in [0.25, 0.3) is 0 Å². The van der Waals surface area contributed by atoms with Crippen LogP contribution in [0.3, 0.4) is 0 Å². The molecular formula is C27H28FNO3. The molecule has 0 radical (unpaired) electrons. The molecule has 0 unspecified atom stereocenters. The van der Waals surface area contributed by atoms with E-state index in [4.69, 9.17) is 4.74 Å². The highest BCUT2D eigenvalue weighted by Gasteiger charge is 2.23. The molecule has 0 aliphatic carbocycles. The van der Waals surface area contributed by atoms with Crippen molar-refractivity contribution in [2.75, 3.05) is 7.11 Å². The highest BCUT2D eigenvalue weighted by molar-refractivity contribution is 5.77. The monoisotopic (exact) mass is 433 g/mol. The quantitative estimate of drug-likeness (QED) is 0.241. The highest BCUT2D eigenvalue weighted by Crippen LogP contribution is 2.29. The van der Waals surface area contributed by atoms with E-state index < -0.39 is 17.9 Å². The Morgan fingerprint density at radius 2 is 1.50 bits per heavy atom. The largest absolute Gasteiger partial charge is 0.377 e. The van der Waals surface area contributed by atoms with Crippen LogP contribution in [-0.2, 0) is 9.53 Å². The van der Waals surface area contributed by atoms with Gasteiger partial charge < -0.3 is 4.74 Å². The molecule has 166 valence electrons. The van der Waals surface area contributed by atoms with E-state index in [-0.39, 0.29) is 11.7 Å². The number of nitrogens with one attached hydrogen (secondary N) is 1. The molecule has 4 nitrogen and oxygen atoms in total. The number of allylic oxidation sites excluding steroid dienone is 2. The van der Waals surface area contributed by atoms with E-state index in [1.54, 1.807) is 24.7 Å². The molecule has 0 bridgehead atoms. The molecule has 3 rings (SSSR count). The fraction of sp³-hybridized carbons (Fsp3) is 0.222. The summed E-state index contributed by atoms with van der Waals surface area (Å²) < 4.78 is 18.8. The molecule has 0 saturated heterocycles. The lowest BCUT2D eigenvalue weighted by Crippen LogP contribution is -2.29. The van der Waals surface area contributed by atoms with Gasteiger partial charge in [-0.15, -0.1) is 0 Å². The minimum absolute atomic E-state index is 0.0468. The third kappa shape index (κ3) is 6.36.